The summed E-state index contributed by atoms with van der Waals surface area (Å²) in [5.41, 5.74) is 1.82. The Bertz CT molecular complexity index is 641. The normalized spacial score (nSPS) is 16.0. The van der Waals surface area contributed by atoms with E-state index in [1.54, 1.807) is 12.3 Å². The third kappa shape index (κ3) is 3.49. The summed E-state index contributed by atoms with van der Waals surface area (Å²) in [6, 6.07) is 3.88. The molecule has 5 heteroatoms. The summed E-state index contributed by atoms with van der Waals surface area (Å²) in [5.74, 6) is -0.0487. The van der Waals surface area contributed by atoms with Gasteiger partial charge in [0.05, 0.1) is 0 Å². The number of hydrogen-bond acceptors (Lipinski definition) is 3. The monoisotopic (exact) mass is 284 g/mol. The Morgan fingerprint density at radius 1 is 1.43 bits per heavy atom. The number of aromatic amines is 1. The highest BCUT2D eigenvalue weighted by Gasteiger charge is 2.10. The lowest BCUT2D eigenvalue weighted by Gasteiger charge is -2.13. The van der Waals surface area contributed by atoms with E-state index in [9.17, 15) is 4.79 Å². The molecule has 2 aromatic rings. The smallest absolute Gasteiger partial charge is 0.244 e. The van der Waals surface area contributed by atoms with Gasteiger partial charge in [0.25, 0.3) is 0 Å². The molecule has 2 aromatic heterocycles. The van der Waals surface area contributed by atoms with E-state index in [0.717, 1.165) is 36.2 Å². The van der Waals surface area contributed by atoms with Gasteiger partial charge in [-0.1, -0.05) is 0 Å². The fourth-order valence-electron chi connectivity index (χ4n) is 2.68. The molecule has 1 amide bonds. The minimum absolute atomic E-state index is 0.0487. The molecule has 0 spiro atoms. The fraction of sp³-hybridized carbons (Fsp3) is 0.375. The summed E-state index contributed by atoms with van der Waals surface area (Å²) in [5, 5.41) is 3.95. The molecule has 3 heterocycles. The van der Waals surface area contributed by atoms with Gasteiger partial charge < -0.3 is 15.2 Å². The first kappa shape index (κ1) is 13.8. The molecular formula is C16H20N4O. The number of carbonyl (C=O) groups is 1. The van der Waals surface area contributed by atoms with Crippen molar-refractivity contribution in [2.75, 3.05) is 26.2 Å². The third-order valence-corrected chi connectivity index (χ3v) is 3.82. The predicted octanol–water partition coefficient (Wildman–Crippen LogP) is 1.79. The summed E-state index contributed by atoms with van der Waals surface area (Å²) < 4.78 is 0. The van der Waals surface area contributed by atoms with E-state index < -0.39 is 0 Å². The van der Waals surface area contributed by atoms with Gasteiger partial charge in [-0.2, -0.15) is 0 Å². The van der Waals surface area contributed by atoms with Crippen LogP contribution in [0.25, 0.3) is 17.1 Å². The van der Waals surface area contributed by atoms with Crippen LogP contribution in [0.1, 0.15) is 18.4 Å². The van der Waals surface area contributed by atoms with Crippen molar-refractivity contribution >= 4 is 23.0 Å². The molecule has 0 atom stereocenters. The molecule has 1 fully saturated rings. The van der Waals surface area contributed by atoms with Crippen LogP contribution in [0.2, 0.25) is 0 Å². The van der Waals surface area contributed by atoms with Crippen molar-refractivity contribution in [2.45, 2.75) is 12.8 Å². The van der Waals surface area contributed by atoms with E-state index in [2.05, 4.69) is 20.2 Å². The molecule has 1 aliphatic rings. The number of fused-ring (bicyclic) bond motifs is 1. The van der Waals surface area contributed by atoms with Crippen LogP contribution in [0, 0.1) is 0 Å². The lowest BCUT2D eigenvalue weighted by Crippen LogP contribution is -2.32. The van der Waals surface area contributed by atoms with Crippen molar-refractivity contribution in [3.05, 3.63) is 36.2 Å². The highest BCUT2D eigenvalue weighted by atomic mass is 16.1. The summed E-state index contributed by atoms with van der Waals surface area (Å²) in [6.45, 7) is 3.97. The number of hydrogen-bond donors (Lipinski definition) is 2. The maximum Gasteiger partial charge on any atom is 0.244 e. The van der Waals surface area contributed by atoms with Crippen molar-refractivity contribution < 1.29 is 4.79 Å². The fourth-order valence-corrected chi connectivity index (χ4v) is 2.68. The SMILES string of the molecule is O=C(/C=C/c1c[nH]c2ncccc12)NCCN1CCCC1. The zero-order chi connectivity index (χ0) is 14.5. The third-order valence-electron chi connectivity index (χ3n) is 3.82. The topological polar surface area (TPSA) is 61.0 Å². The first-order valence-electron chi connectivity index (χ1n) is 7.43. The van der Waals surface area contributed by atoms with Gasteiger partial charge in [0.1, 0.15) is 5.65 Å². The summed E-state index contributed by atoms with van der Waals surface area (Å²) in [6.07, 6.45) is 9.58. The van der Waals surface area contributed by atoms with Crippen molar-refractivity contribution in [3.63, 3.8) is 0 Å². The van der Waals surface area contributed by atoms with Crippen LogP contribution in [0.5, 0.6) is 0 Å². The summed E-state index contributed by atoms with van der Waals surface area (Å²) in [4.78, 5) is 21.5. The largest absolute Gasteiger partial charge is 0.351 e. The van der Waals surface area contributed by atoms with Crippen LogP contribution in [0.3, 0.4) is 0 Å². The van der Waals surface area contributed by atoms with E-state index in [4.69, 9.17) is 0 Å². The second-order valence-electron chi connectivity index (χ2n) is 5.32. The highest BCUT2D eigenvalue weighted by Crippen LogP contribution is 2.16. The number of rotatable bonds is 5. The Morgan fingerprint density at radius 2 is 2.29 bits per heavy atom. The predicted molar refractivity (Wildman–Crippen MR) is 83.8 cm³/mol. The molecule has 0 aliphatic carbocycles. The number of pyridine rings is 1. The second-order valence-corrected chi connectivity index (χ2v) is 5.32. The molecule has 0 bridgehead atoms. The Balaban J connectivity index is 1.51. The molecule has 0 unspecified atom stereocenters. The van der Waals surface area contributed by atoms with Crippen molar-refractivity contribution in [2.24, 2.45) is 0 Å². The van der Waals surface area contributed by atoms with Gasteiger partial charge in [-0.3, -0.25) is 4.79 Å². The molecule has 1 saturated heterocycles. The highest BCUT2D eigenvalue weighted by molar-refractivity contribution is 5.95. The Labute approximate surface area is 124 Å². The van der Waals surface area contributed by atoms with Crippen molar-refractivity contribution in [3.8, 4) is 0 Å². The maximum absolute atomic E-state index is 11.8. The molecule has 0 radical (unpaired) electrons. The Morgan fingerprint density at radius 3 is 3.14 bits per heavy atom. The Hall–Kier alpha value is -2.14. The van der Waals surface area contributed by atoms with Gasteiger partial charge in [0.2, 0.25) is 5.91 Å². The molecule has 5 nitrogen and oxygen atoms in total. The molecule has 0 saturated carbocycles. The van der Waals surface area contributed by atoms with Gasteiger partial charge in [0.15, 0.2) is 0 Å². The zero-order valence-electron chi connectivity index (χ0n) is 12.0. The van der Waals surface area contributed by atoms with Crippen LogP contribution in [-0.4, -0.2) is 47.0 Å². The van der Waals surface area contributed by atoms with Crippen LogP contribution < -0.4 is 5.32 Å². The van der Waals surface area contributed by atoms with Crippen LogP contribution >= 0.6 is 0 Å². The first-order valence-corrected chi connectivity index (χ1v) is 7.43. The molecule has 3 rings (SSSR count). The number of H-pyrrole nitrogens is 1. The van der Waals surface area contributed by atoms with Crippen LogP contribution in [0.15, 0.2) is 30.6 Å². The van der Waals surface area contributed by atoms with Gasteiger partial charge >= 0.3 is 0 Å². The number of aromatic nitrogens is 2. The number of likely N-dealkylation sites (tertiary alicyclic amines) is 1. The summed E-state index contributed by atoms with van der Waals surface area (Å²) in [7, 11) is 0. The van der Waals surface area contributed by atoms with Crippen LogP contribution in [0.4, 0.5) is 0 Å². The van der Waals surface area contributed by atoms with Crippen LogP contribution in [-0.2, 0) is 4.79 Å². The van der Waals surface area contributed by atoms with E-state index in [0.29, 0.717) is 6.54 Å². The van der Waals surface area contributed by atoms with E-state index in [-0.39, 0.29) is 5.91 Å². The Kier molecular flexibility index (Phi) is 4.31. The van der Waals surface area contributed by atoms with Crippen molar-refractivity contribution in [1.82, 2.24) is 20.2 Å². The second kappa shape index (κ2) is 6.54. The summed E-state index contributed by atoms with van der Waals surface area (Å²) >= 11 is 0. The zero-order valence-corrected chi connectivity index (χ0v) is 12.0. The molecule has 21 heavy (non-hydrogen) atoms. The average molecular weight is 284 g/mol. The minimum atomic E-state index is -0.0487. The number of carbonyl (C=O) groups excluding carboxylic acids is 1. The molecular weight excluding hydrogens is 264 g/mol. The average Bonchev–Trinajstić information content (AvgIpc) is 3.14. The molecule has 2 N–H and O–H groups in total. The molecule has 0 aromatic carbocycles. The number of nitrogens with zero attached hydrogens (tertiary/aromatic N) is 2. The van der Waals surface area contributed by atoms with Gasteiger partial charge in [-0.15, -0.1) is 0 Å². The standard InChI is InChI=1S/C16H20N4O/c21-15(17-8-11-20-9-1-2-10-20)6-5-13-12-19-16-14(13)4-3-7-18-16/h3-7,12H,1-2,8-11H2,(H,17,21)(H,18,19)/b6-5+. The number of nitrogens with one attached hydrogen (secondary N) is 2. The van der Waals surface area contributed by atoms with Gasteiger partial charge in [0, 0.05) is 42.5 Å². The van der Waals surface area contributed by atoms with E-state index in [1.807, 2.05) is 24.4 Å². The lowest BCUT2D eigenvalue weighted by molar-refractivity contribution is -0.116. The lowest BCUT2D eigenvalue weighted by atomic mass is 10.2. The quantitative estimate of drug-likeness (QED) is 0.823. The van der Waals surface area contributed by atoms with E-state index in [1.165, 1.54) is 12.8 Å². The molecule has 1 aliphatic heterocycles. The molecule has 110 valence electrons. The van der Waals surface area contributed by atoms with Gasteiger partial charge in [-0.25, -0.2) is 4.98 Å². The van der Waals surface area contributed by atoms with E-state index >= 15 is 0 Å². The first-order chi connectivity index (χ1) is 10.3. The number of amides is 1. The van der Waals surface area contributed by atoms with Crippen molar-refractivity contribution in [1.29, 1.82) is 0 Å². The maximum atomic E-state index is 11.8. The van der Waals surface area contributed by atoms with Gasteiger partial charge in [-0.05, 0) is 44.1 Å². The minimum Gasteiger partial charge on any atom is -0.351 e.